The molecule has 0 unspecified atom stereocenters. The predicted octanol–water partition coefficient (Wildman–Crippen LogP) is 3.72. The third kappa shape index (κ3) is 3.43. The molecule has 0 atom stereocenters. The molecular weight excluding hydrogens is 420 g/mol. The van der Waals surface area contributed by atoms with Crippen LogP contribution in [-0.2, 0) is 0 Å². The lowest BCUT2D eigenvalue weighted by Crippen LogP contribution is -2.52. The van der Waals surface area contributed by atoms with E-state index in [-0.39, 0.29) is 29.1 Å². The molecule has 33 heavy (non-hydrogen) atoms. The van der Waals surface area contributed by atoms with Crippen LogP contribution in [0, 0.1) is 0 Å². The van der Waals surface area contributed by atoms with Crippen LogP contribution in [0.5, 0.6) is 5.75 Å². The Morgan fingerprint density at radius 1 is 0.909 bits per heavy atom. The van der Waals surface area contributed by atoms with Crippen molar-refractivity contribution in [1.29, 1.82) is 0 Å². The van der Waals surface area contributed by atoms with E-state index in [0.717, 1.165) is 0 Å². The lowest BCUT2D eigenvalue weighted by Gasteiger charge is -2.44. The summed E-state index contributed by atoms with van der Waals surface area (Å²) in [4.78, 5) is 54.4. The molecule has 1 spiro atoms. The van der Waals surface area contributed by atoms with Crippen LogP contribution in [0.3, 0.4) is 0 Å². The third-order valence-electron chi connectivity index (χ3n) is 6.76. The van der Waals surface area contributed by atoms with Gasteiger partial charge in [0.05, 0.1) is 23.1 Å². The number of nitrogens with zero attached hydrogens (tertiary/aromatic N) is 2. The highest BCUT2D eigenvalue weighted by Gasteiger charge is 2.45. The van der Waals surface area contributed by atoms with Gasteiger partial charge in [-0.2, -0.15) is 0 Å². The van der Waals surface area contributed by atoms with Crippen LogP contribution in [0.2, 0.25) is 0 Å². The van der Waals surface area contributed by atoms with E-state index in [2.05, 4.69) is 0 Å². The van der Waals surface area contributed by atoms with Crippen molar-refractivity contribution in [3.63, 3.8) is 0 Å². The molecule has 7 heteroatoms. The van der Waals surface area contributed by atoms with Gasteiger partial charge in [-0.1, -0.05) is 12.1 Å². The minimum atomic E-state index is -0.644. The van der Waals surface area contributed by atoms with Crippen molar-refractivity contribution in [2.45, 2.75) is 51.2 Å². The summed E-state index contributed by atoms with van der Waals surface area (Å²) >= 11 is 0. The van der Waals surface area contributed by atoms with Crippen LogP contribution in [0.4, 0.5) is 0 Å². The van der Waals surface area contributed by atoms with E-state index in [0.29, 0.717) is 54.8 Å². The summed E-state index contributed by atoms with van der Waals surface area (Å²) < 4.78 is 6.25. The summed E-state index contributed by atoms with van der Waals surface area (Å²) in [5.41, 5.74) is 0.365. The Morgan fingerprint density at radius 3 is 2.27 bits per heavy atom. The minimum absolute atomic E-state index is 0.0711. The van der Waals surface area contributed by atoms with Gasteiger partial charge in [0.25, 0.3) is 17.7 Å². The molecule has 1 saturated heterocycles. The molecule has 0 aliphatic carbocycles. The number of rotatable bonds is 1. The third-order valence-corrected chi connectivity index (χ3v) is 6.76. The molecule has 0 bridgehead atoms. The van der Waals surface area contributed by atoms with E-state index < -0.39 is 11.1 Å². The molecule has 0 radical (unpaired) electrons. The van der Waals surface area contributed by atoms with Crippen LogP contribution in [-0.4, -0.2) is 57.5 Å². The summed E-state index contributed by atoms with van der Waals surface area (Å²) in [6.07, 6.45) is 1.42. The SMILES string of the molecule is CC(C)(C)N1C(=O)c2ccc(C(=O)N3CCC4(CC3)CC(=O)c3ccccc3O4)cc2C1=O. The van der Waals surface area contributed by atoms with Crippen molar-refractivity contribution in [3.05, 3.63) is 64.7 Å². The van der Waals surface area contributed by atoms with Crippen molar-refractivity contribution in [2.24, 2.45) is 0 Å². The maximum Gasteiger partial charge on any atom is 0.262 e. The van der Waals surface area contributed by atoms with E-state index in [1.165, 1.54) is 11.0 Å². The van der Waals surface area contributed by atoms with Gasteiger partial charge >= 0.3 is 0 Å². The Hall–Kier alpha value is -3.48. The number of fused-ring (bicyclic) bond motifs is 2. The molecule has 2 aromatic carbocycles. The number of imide groups is 1. The summed E-state index contributed by atoms with van der Waals surface area (Å²) in [7, 11) is 0. The first-order valence-corrected chi connectivity index (χ1v) is 11.2. The molecule has 5 rings (SSSR count). The zero-order valence-corrected chi connectivity index (χ0v) is 19.0. The average Bonchev–Trinajstić information content (AvgIpc) is 3.03. The van der Waals surface area contributed by atoms with E-state index in [4.69, 9.17) is 4.74 Å². The van der Waals surface area contributed by atoms with E-state index >= 15 is 0 Å². The minimum Gasteiger partial charge on any atom is -0.486 e. The number of hydrogen-bond acceptors (Lipinski definition) is 5. The number of para-hydroxylation sites is 1. The Balaban J connectivity index is 1.32. The largest absolute Gasteiger partial charge is 0.486 e. The van der Waals surface area contributed by atoms with Gasteiger partial charge in [0, 0.05) is 37.0 Å². The van der Waals surface area contributed by atoms with Gasteiger partial charge in [-0.3, -0.25) is 24.1 Å². The van der Waals surface area contributed by atoms with Crippen LogP contribution >= 0.6 is 0 Å². The summed E-state index contributed by atoms with van der Waals surface area (Å²) in [6, 6.07) is 12.0. The predicted molar refractivity (Wildman–Crippen MR) is 121 cm³/mol. The number of ketones is 1. The molecule has 3 aliphatic rings. The molecule has 0 aromatic heterocycles. The zero-order chi connectivity index (χ0) is 23.5. The molecule has 1 fully saturated rings. The highest BCUT2D eigenvalue weighted by molar-refractivity contribution is 6.22. The number of ether oxygens (including phenoxy) is 1. The molecule has 0 N–H and O–H groups in total. The van der Waals surface area contributed by atoms with E-state index in [1.807, 2.05) is 18.2 Å². The number of carbonyl (C=O) groups is 4. The molecule has 2 aromatic rings. The molecule has 7 nitrogen and oxygen atoms in total. The van der Waals surface area contributed by atoms with Gasteiger partial charge < -0.3 is 9.64 Å². The second-order valence-corrected chi connectivity index (χ2v) is 10.1. The Morgan fingerprint density at radius 2 is 1.58 bits per heavy atom. The first-order valence-electron chi connectivity index (χ1n) is 11.2. The highest BCUT2D eigenvalue weighted by atomic mass is 16.5. The molecular formula is C26H26N2O5. The number of carbonyl (C=O) groups excluding carboxylic acids is 4. The van der Waals surface area contributed by atoms with Crippen LogP contribution in [0.1, 0.15) is 81.5 Å². The fourth-order valence-electron chi connectivity index (χ4n) is 5.01. The fourth-order valence-corrected chi connectivity index (χ4v) is 5.01. The van der Waals surface area contributed by atoms with Gasteiger partial charge in [0.2, 0.25) is 0 Å². The van der Waals surface area contributed by atoms with Gasteiger partial charge in [-0.25, -0.2) is 0 Å². The first kappa shape index (κ1) is 21.4. The van der Waals surface area contributed by atoms with Crippen LogP contribution in [0.25, 0.3) is 0 Å². The lowest BCUT2D eigenvalue weighted by molar-refractivity contribution is -0.00573. The molecule has 3 amide bonds. The Kier molecular flexibility index (Phi) is 4.71. The first-order chi connectivity index (χ1) is 15.6. The highest BCUT2D eigenvalue weighted by Crippen LogP contribution is 2.39. The molecule has 170 valence electrons. The Labute approximate surface area is 192 Å². The zero-order valence-electron chi connectivity index (χ0n) is 19.0. The summed E-state index contributed by atoms with van der Waals surface area (Å²) in [6.45, 7) is 6.32. The summed E-state index contributed by atoms with van der Waals surface area (Å²) in [5.74, 6) is -0.214. The normalized spacial score (nSPS) is 19.4. The molecule has 0 saturated carbocycles. The van der Waals surface area contributed by atoms with Gasteiger partial charge in [0.1, 0.15) is 11.4 Å². The van der Waals surface area contributed by atoms with Crippen molar-refractivity contribution >= 4 is 23.5 Å². The van der Waals surface area contributed by atoms with Crippen molar-refractivity contribution < 1.29 is 23.9 Å². The van der Waals surface area contributed by atoms with Gasteiger partial charge in [0.15, 0.2) is 5.78 Å². The second kappa shape index (κ2) is 7.27. The second-order valence-electron chi connectivity index (χ2n) is 10.1. The summed E-state index contributed by atoms with van der Waals surface area (Å²) in [5, 5.41) is 0. The van der Waals surface area contributed by atoms with Crippen LogP contribution < -0.4 is 4.74 Å². The maximum atomic E-state index is 13.2. The van der Waals surface area contributed by atoms with Crippen LogP contribution in [0.15, 0.2) is 42.5 Å². The maximum absolute atomic E-state index is 13.2. The number of benzene rings is 2. The van der Waals surface area contributed by atoms with Crippen molar-refractivity contribution in [3.8, 4) is 5.75 Å². The quantitative estimate of drug-likeness (QED) is 0.624. The van der Waals surface area contributed by atoms with E-state index in [9.17, 15) is 19.2 Å². The number of amides is 3. The monoisotopic (exact) mass is 446 g/mol. The number of likely N-dealkylation sites (tertiary alicyclic amines) is 1. The van der Waals surface area contributed by atoms with Crippen molar-refractivity contribution in [1.82, 2.24) is 9.80 Å². The number of piperidine rings is 1. The standard InChI is InChI=1S/C26H26N2O5/c1-25(2,3)28-23(31)17-9-8-16(14-19(17)24(28)32)22(30)27-12-10-26(11-13-27)15-20(29)18-6-4-5-7-21(18)33-26/h4-9,14H,10-13,15H2,1-3H3. The number of Topliss-reactive ketones (excluding diaryl/α,β-unsaturated/α-hetero) is 1. The van der Waals surface area contributed by atoms with Crippen molar-refractivity contribution in [2.75, 3.05) is 13.1 Å². The van der Waals surface area contributed by atoms with E-state index in [1.54, 1.807) is 43.9 Å². The average molecular weight is 447 g/mol. The number of hydrogen-bond donors (Lipinski definition) is 0. The smallest absolute Gasteiger partial charge is 0.262 e. The lowest BCUT2D eigenvalue weighted by atomic mass is 9.82. The molecule has 3 aliphatic heterocycles. The Bertz CT molecular complexity index is 1200. The molecule has 3 heterocycles. The topological polar surface area (TPSA) is 84.0 Å². The van der Waals surface area contributed by atoms with Gasteiger partial charge in [-0.05, 0) is 51.1 Å². The van der Waals surface area contributed by atoms with Gasteiger partial charge in [-0.15, -0.1) is 0 Å². The fraction of sp³-hybridized carbons (Fsp3) is 0.385.